The Morgan fingerprint density at radius 2 is 1.85 bits per heavy atom. The van der Waals surface area contributed by atoms with E-state index in [1.54, 1.807) is 20.8 Å². The number of hydrogen-bond acceptors (Lipinski definition) is 5. The van der Waals surface area contributed by atoms with Crippen LogP contribution in [0.15, 0.2) is 0 Å². The van der Waals surface area contributed by atoms with E-state index in [0.717, 1.165) is 4.90 Å². The van der Waals surface area contributed by atoms with Gasteiger partial charge in [0.1, 0.15) is 18.2 Å². The second-order valence-corrected chi connectivity index (χ2v) is 5.54. The Morgan fingerprint density at radius 1 is 1.25 bits per heavy atom. The van der Waals surface area contributed by atoms with Crippen LogP contribution in [-0.2, 0) is 19.1 Å². The summed E-state index contributed by atoms with van der Waals surface area (Å²) in [5.74, 6) is -1.80. The summed E-state index contributed by atoms with van der Waals surface area (Å²) in [7, 11) is 0. The number of amides is 1. The fourth-order valence-electron chi connectivity index (χ4n) is 1.92. The van der Waals surface area contributed by atoms with E-state index in [1.807, 2.05) is 0 Å². The molecule has 0 radical (unpaired) electrons. The average molecular weight is 289 g/mol. The number of likely N-dealkylation sites (tertiary alicyclic amines) is 1. The maximum atomic E-state index is 11.5. The summed E-state index contributed by atoms with van der Waals surface area (Å²) in [6.45, 7) is 4.74. The first-order valence-corrected chi connectivity index (χ1v) is 6.16. The van der Waals surface area contributed by atoms with Gasteiger partial charge in [0.05, 0.1) is 12.6 Å². The number of carbonyl (C=O) groups excluding carboxylic acids is 1. The van der Waals surface area contributed by atoms with Gasteiger partial charge in [0.25, 0.3) is 0 Å². The van der Waals surface area contributed by atoms with Crippen LogP contribution in [-0.4, -0.2) is 64.0 Å². The molecule has 0 bridgehead atoms. The van der Waals surface area contributed by atoms with Crippen LogP contribution in [0.3, 0.4) is 0 Å². The molecule has 20 heavy (non-hydrogen) atoms. The van der Waals surface area contributed by atoms with Gasteiger partial charge in [-0.3, -0.25) is 4.90 Å². The highest BCUT2D eigenvalue weighted by atomic mass is 16.6. The lowest BCUT2D eigenvalue weighted by Crippen LogP contribution is -2.39. The van der Waals surface area contributed by atoms with Gasteiger partial charge in [0, 0.05) is 6.42 Å². The van der Waals surface area contributed by atoms with Crippen molar-refractivity contribution in [2.45, 2.75) is 44.9 Å². The lowest BCUT2D eigenvalue weighted by Gasteiger charge is -2.20. The van der Waals surface area contributed by atoms with Crippen LogP contribution in [0.5, 0.6) is 0 Å². The van der Waals surface area contributed by atoms with Crippen molar-refractivity contribution in [2.24, 2.45) is 0 Å². The van der Waals surface area contributed by atoms with Crippen LogP contribution in [0.2, 0.25) is 0 Å². The molecule has 0 aromatic carbocycles. The van der Waals surface area contributed by atoms with Crippen molar-refractivity contribution in [2.75, 3.05) is 13.2 Å². The van der Waals surface area contributed by atoms with Gasteiger partial charge in [-0.2, -0.15) is 0 Å². The van der Waals surface area contributed by atoms with E-state index in [2.05, 4.69) is 0 Å². The Bertz CT molecular complexity index is 379. The quantitative estimate of drug-likeness (QED) is 0.726. The third-order valence-corrected chi connectivity index (χ3v) is 2.65. The number of carbonyl (C=O) groups is 3. The number of hydrogen-bond donors (Lipinski definition) is 2. The van der Waals surface area contributed by atoms with Crippen molar-refractivity contribution in [1.29, 1.82) is 0 Å². The number of aliphatic carboxylic acids is 1. The van der Waals surface area contributed by atoms with Crippen LogP contribution in [0.25, 0.3) is 0 Å². The van der Waals surface area contributed by atoms with E-state index in [9.17, 15) is 14.4 Å². The summed E-state index contributed by atoms with van der Waals surface area (Å²) in [6, 6.07) is -1.14. The molecule has 8 heteroatoms. The molecule has 8 nitrogen and oxygen atoms in total. The van der Waals surface area contributed by atoms with Crippen molar-refractivity contribution >= 4 is 18.0 Å². The summed E-state index contributed by atoms with van der Waals surface area (Å²) < 4.78 is 10.3. The van der Waals surface area contributed by atoms with Crippen molar-refractivity contribution in [3.05, 3.63) is 0 Å². The third-order valence-electron chi connectivity index (χ3n) is 2.65. The van der Waals surface area contributed by atoms with Crippen molar-refractivity contribution in [3.63, 3.8) is 0 Å². The molecule has 1 fully saturated rings. The molecule has 0 saturated carbocycles. The number of ether oxygens (including phenoxy) is 2. The zero-order valence-electron chi connectivity index (χ0n) is 11.7. The van der Waals surface area contributed by atoms with Gasteiger partial charge in [-0.15, -0.1) is 0 Å². The van der Waals surface area contributed by atoms with Gasteiger partial charge >= 0.3 is 18.0 Å². The second kappa shape index (κ2) is 6.08. The number of nitrogens with zero attached hydrogens (tertiary/aromatic N) is 1. The number of carboxylic acids is 1. The van der Waals surface area contributed by atoms with Crippen LogP contribution < -0.4 is 0 Å². The van der Waals surface area contributed by atoms with E-state index in [-0.39, 0.29) is 19.6 Å². The molecule has 1 aliphatic rings. The highest BCUT2D eigenvalue weighted by Gasteiger charge is 2.40. The molecule has 0 aliphatic carbocycles. The Labute approximate surface area is 116 Å². The van der Waals surface area contributed by atoms with Crippen molar-refractivity contribution < 1.29 is 34.1 Å². The molecule has 1 saturated heterocycles. The minimum atomic E-state index is -1.32. The first-order valence-electron chi connectivity index (χ1n) is 6.16. The first-order chi connectivity index (χ1) is 9.10. The van der Waals surface area contributed by atoms with E-state index in [0.29, 0.717) is 0 Å². The fraction of sp³-hybridized carbons (Fsp3) is 0.750. The summed E-state index contributed by atoms with van der Waals surface area (Å²) >= 11 is 0. The first kappa shape index (κ1) is 16.2. The maximum absolute atomic E-state index is 11.5. The molecule has 2 atom stereocenters. The SMILES string of the molecule is CC(C)(C)OC(=O)CO[C@@H]1C[C@@H](C(=O)O)N(C(=O)O)C1. The Kier molecular flexibility index (Phi) is 4.93. The zero-order chi connectivity index (χ0) is 15.5. The highest BCUT2D eigenvalue weighted by molar-refractivity contribution is 5.80. The van der Waals surface area contributed by atoms with E-state index in [1.165, 1.54) is 0 Å². The van der Waals surface area contributed by atoms with Gasteiger partial charge in [-0.05, 0) is 20.8 Å². The number of carboxylic acid groups (broad SMARTS) is 2. The van der Waals surface area contributed by atoms with Gasteiger partial charge in [0.15, 0.2) is 0 Å². The van der Waals surface area contributed by atoms with E-state index >= 15 is 0 Å². The van der Waals surface area contributed by atoms with Gasteiger partial charge < -0.3 is 19.7 Å². The molecule has 0 spiro atoms. The van der Waals surface area contributed by atoms with Gasteiger partial charge in [-0.1, -0.05) is 0 Å². The molecular formula is C12H19NO7. The fourth-order valence-corrected chi connectivity index (χ4v) is 1.92. The van der Waals surface area contributed by atoms with Gasteiger partial charge in [-0.25, -0.2) is 14.4 Å². The standard InChI is InChI=1S/C12H19NO7/c1-12(2,3)20-9(14)6-19-7-4-8(10(15)16)13(5-7)11(17)18/h7-8H,4-6H2,1-3H3,(H,15,16)(H,17,18)/t7-,8+/m1/s1. The predicted octanol–water partition coefficient (Wildman–Crippen LogP) is 0.550. The largest absolute Gasteiger partial charge is 0.480 e. The smallest absolute Gasteiger partial charge is 0.408 e. The Hall–Kier alpha value is -1.83. The number of esters is 1. The minimum absolute atomic E-state index is 0.0183. The average Bonchev–Trinajstić information content (AvgIpc) is 2.68. The summed E-state index contributed by atoms with van der Waals surface area (Å²) in [4.78, 5) is 34.1. The molecule has 0 aromatic rings. The summed E-state index contributed by atoms with van der Waals surface area (Å²) in [5.41, 5.74) is -0.632. The van der Waals surface area contributed by atoms with Crippen molar-refractivity contribution in [1.82, 2.24) is 4.90 Å². The van der Waals surface area contributed by atoms with Crippen LogP contribution in [0.4, 0.5) is 4.79 Å². The molecule has 1 rings (SSSR count). The monoisotopic (exact) mass is 289 g/mol. The molecule has 1 heterocycles. The zero-order valence-corrected chi connectivity index (χ0v) is 11.7. The molecule has 1 aliphatic heterocycles. The molecule has 114 valence electrons. The van der Waals surface area contributed by atoms with Crippen LogP contribution in [0.1, 0.15) is 27.2 Å². The molecule has 2 N–H and O–H groups in total. The maximum Gasteiger partial charge on any atom is 0.408 e. The third kappa shape index (κ3) is 4.69. The normalized spacial score (nSPS) is 22.6. The minimum Gasteiger partial charge on any atom is -0.480 e. The summed E-state index contributed by atoms with van der Waals surface area (Å²) in [6.07, 6.45) is -1.93. The lowest BCUT2D eigenvalue weighted by molar-refractivity contribution is -0.162. The van der Waals surface area contributed by atoms with Crippen molar-refractivity contribution in [3.8, 4) is 0 Å². The Morgan fingerprint density at radius 3 is 2.25 bits per heavy atom. The second-order valence-electron chi connectivity index (χ2n) is 5.54. The van der Waals surface area contributed by atoms with Gasteiger partial charge in [0.2, 0.25) is 0 Å². The van der Waals surface area contributed by atoms with Crippen LogP contribution >= 0.6 is 0 Å². The van der Waals surface area contributed by atoms with Crippen LogP contribution in [0, 0.1) is 0 Å². The molecule has 0 unspecified atom stereocenters. The predicted molar refractivity (Wildman–Crippen MR) is 66.4 cm³/mol. The molecular weight excluding hydrogens is 270 g/mol. The van der Waals surface area contributed by atoms with E-state index in [4.69, 9.17) is 19.7 Å². The Balaban J connectivity index is 2.49. The molecule has 1 amide bonds. The highest BCUT2D eigenvalue weighted by Crippen LogP contribution is 2.21. The molecule has 0 aromatic heterocycles. The summed E-state index contributed by atoms with van der Waals surface area (Å²) in [5, 5.41) is 17.8. The topological polar surface area (TPSA) is 113 Å². The number of rotatable bonds is 4. The lowest BCUT2D eigenvalue weighted by atomic mass is 10.2. The van der Waals surface area contributed by atoms with E-state index < -0.39 is 35.8 Å².